The Bertz CT molecular complexity index is 495. The van der Waals surface area contributed by atoms with Crippen molar-refractivity contribution in [1.29, 1.82) is 0 Å². The van der Waals surface area contributed by atoms with Crippen molar-refractivity contribution in [3.63, 3.8) is 0 Å². The molecule has 0 saturated heterocycles. The van der Waals surface area contributed by atoms with Crippen molar-refractivity contribution < 1.29 is 14.6 Å². The van der Waals surface area contributed by atoms with Gasteiger partial charge in [0.1, 0.15) is 11.4 Å². The van der Waals surface area contributed by atoms with Crippen molar-refractivity contribution in [2.75, 3.05) is 0 Å². The second kappa shape index (κ2) is 5.96. The van der Waals surface area contributed by atoms with Crippen LogP contribution in [-0.4, -0.2) is 27.7 Å². The van der Waals surface area contributed by atoms with E-state index in [1.165, 1.54) is 0 Å². The summed E-state index contributed by atoms with van der Waals surface area (Å²) in [6.45, 7) is 8.05. The van der Waals surface area contributed by atoms with Crippen LogP contribution in [0.15, 0.2) is 18.2 Å². The van der Waals surface area contributed by atoms with Crippen molar-refractivity contribution in [1.82, 2.24) is 4.90 Å². The van der Waals surface area contributed by atoms with E-state index >= 15 is 0 Å². The summed E-state index contributed by atoms with van der Waals surface area (Å²) in [6, 6.07) is 5.67. The number of ether oxygens (including phenoxy) is 1. The first-order chi connectivity index (χ1) is 9.74. The number of nitrogens with zero attached hydrogens (tertiary/aromatic N) is 1. The highest BCUT2D eigenvalue weighted by atomic mass is 16.6. The van der Waals surface area contributed by atoms with Crippen LogP contribution in [0.25, 0.3) is 0 Å². The highest BCUT2D eigenvalue weighted by molar-refractivity contribution is 5.68. The lowest BCUT2D eigenvalue weighted by atomic mass is 9.91. The van der Waals surface area contributed by atoms with Crippen molar-refractivity contribution >= 4 is 6.09 Å². The van der Waals surface area contributed by atoms with E-state index in [0.29, 0.717) is 6.54 Å². The van der Waals surface area contributed by atoms with Gasteiger partial charge >= 0.3 is 6.09 Å². The number of carbonyl (C=O) groups is 1. The van der Waals surface area contributed by atoms with Crippen LogP contribution in [0.2, 0.25) is 0 Å². The van der Waals surface area contributed by atoms with E-state index in [1.807, 2.05) is 33.8 Å². The first-order valence-corrected chi connectivity index (χ1v) is 7.54. The number of hydrogen-bond acceptors (Lipinski definition) is 3. The molecule has 1 aromatic carbocycles. The highest BCUT2D eigenvalue weighted by Crippen LogP contribution is 2.28. The average molecular weight is 291 g/mol. The van der Waals surface area contributed by atoms with Crippen LogP contribution in [0.1, 0.15) is 51.2 Å². The fourth-order valence-corrected chi connectivity index (χ4v) is 2.49. The Morgan fingerprint density at radius 3 is 2.48 bits per heavy atom. The predicted molar refractivity (Wildman–Crippen MR) is 82.3 cm³/mol. The topological polar surface area (TPSA) is 49.8 Å². The number of amides is 1. The molecule has 1 aromatic rings. The second-order valence-electron chi connectivity index (χ2n) is 6.87. The number of benzene rings is 1. The highest BCUT2D eigenvalue weighted by Gasteiger charge is 2.32. The predicted octanol–water partition coefficient (Wildman–Crippen LogP) is 3.99. The molecule has 0 spiro atoms. The zero-order chi connectivity index (χ0) is 15.6. The molecule has 0 bridgehead atoms. The quantitative estimate of drug-likeness (QED) is 0.916. The summed E-state index contributed by atoms with van der Waals surface area (Å²) < 4.78 is 5.51. The van der Waals surface area contributed by atoms with Crippen molar-refractivity contribution in [2.24, 2.45) is 0 Å². The molecule has 1 N–H and O–H groups in total. The van der Waals surface area contributed by atoms with Gasteiger partial charge in [-0.1, -0.05) is 6.07 Å². The maximum absolute atomic E-state index is 12.4. The standard InChI is InChI=1S/C17H25NO3/c1-12-8-13(10-15(19)9-12)11-18(14-6-5-7-14)16(20)21-17(2,3)4/h8-10,14,19H,5-7,11H2,1-4H3. The molecule has 21 heavy (non-hydrogen) atoms. The molecule has 0 radical (unpaired) electrons. The summed E-state index contributed by atoms with van der Waals surface area (Å²) in [4.78, 5) is 14.2. The van der Waals surface area contributed by atoms with Crippen LogP contribution in [0.3, 0.4) is 0 Å². The molecule has 2 rings (SSSR count). The molecule has 0 unspecified atom stereocenters. The minimum Gasteiger partial charge on any atom is -0.508 e. The summed E-state index contributed by atoms with van der Waals surface area (Å²) in [5.74, 6) is 0.239. The minimum absolute atomic E-state index is 0.239. The van der Waals surface area contributed by atoms with Crippen molar-refractivity contribution in [3.05, 3.63) is 29.3 Å². The average Bonchev–Trinajstić information content (AvgIpc) is 2.21. The molecule has 4 nitrogen and oxygen atoms in total. The maximum Gasteiger partial charge on any atom is 0.410 e. The molecule has 4 heteroatoms. The van der Waals surface area contributed by atoms with Crippen LogP contribution < -0.4 is 0 Å². The third-order valence-electron chi connectivity index (χ3n) is 3.62. The van der Waals surface area contributed by atoms with Gasteiger partial charge in [0.25, 0.3) is 0 Å². The van der Waals surface area contributed by atoms with E-state index in [1.54, 1.807) is 17.0 Å². The molecule has 0 atom stereocenters. The Labute approximate surface area is 126 Å². The van der Waals surface area contributed by atoms with E-state index in [0.717, 1.165) is 30.4 Å². The summed E-state index contributed by atoms with van der Waals surface area (Å²) in [6.07, 6.45) is 2.94. The Morgan fingerprint density at radius 2 is 2.00 bits per heavy atom. The van der Waals surface area contributed by atoms with Crippen molar-refractivity contribution in [2.45, 2.75) is 65.1 Å². The Balaban J connectivity index is 2.14. The van der Waals surface area contributed by atoms with Crippen LogP contribution in [0.5, 0.6) is 5.75 Å². The van der Waals surface area contributed by atoms with Crippen LogP contribution in [-0.2, 0) is 11.3 Å². The third kappa shape index (κ3) is 4.38. The monoisotopic (exact) mass is 291 g/mol. The molecule has 0 heterocycles. The van der Waals surface area contributed by atoms with Crippen molar-refractivity contribution in [3.8, 4) is 5.75 Å². The third-order valence-corrected chi connectivity index (χ3v) is 3.62. The molecule has 116 valence electrons. The molecule has 1 fully saturated rings. The second-order valence-corrected chi connectivity index (χ2v) is 6.87. The molecular weight excluding hydrogens is 266 g/mol. The number of phenols is 1. The van der Waals surface area contributed by atoms with Gasteiger partial charge in [0.15, 0.2) is 0 Å². The molecule has 0 aromatic heterocycles. The van der Waals surface area contributed by atoms with E-state index in [4.69, 9.17) is 4.74 Å². The molecule has 1 saturated carbocycles. The smallest absolute Gasteiger partial charge is 0.410 e. The van der Waals surface area contributed by atoms with E-state index in [-0.39, 0.29) is 17.9 Å². The summed E-state index contributed by atoms with van der Waals surface area (Å²) in [7, 11) is 0. The molecule has 1 aliphatic rings. The maximum atomic E-state index is 12.4. The van der Waals surface area contributed by atoms with E-state index < -0.39 is 5.60 Å². The van der Waals surface area contributed by atoms with Gasteiger partial charge in [0.2, 0.25) is 0 Å². The summed E-state index contributed by atoms with van der Waals surface area (Å²) >= 11 is 0. The Morgan fingerprint density at radius 1 is 1.33 bits per heavy atom. The Kier molecular flexibility index (Phi) is 4.45. The lowest BCUT2D eigenvalue weighted by Gasteiger charge is -2.38. The lowest BCUT2D eigenvalue weighted by molar-refractivity contribution is 0.00458. The molecule has 1 amide bonds. The first-order valence-electron chi connectivity index (χ1n) is 7.54. The van der Waals surface area contributed by atoms with Gasteiger partial charge in [-0.3, -0.25) is 0 Å². The summed E-state index contributed by atoms with van der Waals surface area (Å²) in [5, 5.41) is 9.71. The number of carbonyl (C=O) groups excluding carboxylic acids is 1. The zero-order valence-corrected chi connectivity index (χ0v) is 13.3. The van der Waals surface area contributed by atoms with Crippen LogP contribution in [0, 0.1) is 6.92 Å². The van der Waals surface area contributed by atoms with Crippen LogP contribution >= 0.6 is 0 Å². The van der Waals surface area contributed by atoms with Gasteiger partial charge in [0, 0.05) is 12.6 Å². The fourth-order valence-electron chi connectivity index (χ4n) is 2.49. The van der Waals surface area contributed by atoms with E-state index in [2.05, 4.69) is 0 Å². The van der Waals surface area contributed by atoms with Gasteiger partial charge in [0.05, 0.1) is 0 Å². The van der Waals surface area contributed by atoms with Gasteiger partial charge in [-0.25, -0.2) is 4.79 Å². The number of rotatable bonds is 3. The minimum atomic E-state index is -0.492. The number of aryl methyl sites for hydroxylation is 1. The normalized spacial score (nSPS) is 15.4. The first kappa shape index (κ1) is 15.7. The van der Waals surface area contributed by atoms with Gasteiger partial charge in [-0.2, -0.15) is 0 Å². The van der Waals surface area contributed by atoms with Crippen LogP contribution in [0.4, 0.5) is 4.79 Å². The zero-order valence-electron chi connectivity index (χ0n) is 13.3. The van der Waals surface area contributed by atoms with Gasteiger partial charge in [-0.05, 0) is 70.2 Å². The summed E-state index contributed by atoms with van der Waals surface area (Å²) in [5.41, 5.74) is 1.43. The van der Waals surface area contributed by atoms with Gasteiger partial charge in [-0.15, -0.1) is 0 Å². The number of phenolic OH excluding ortho intramolecular Hbond substituents is 1. The fraction of sp³-hybridized carbons (Fsp3) is 0.588. The molecule has 0 aliphatic heterocycles. The number of aromatic hydroxyl groups is 1. The largest absolute Gasteiger partial charge is 0.508 e. The molecular formula is C17H25NO3. The van der Waals surface area contributed by atoms with Gasteiger partial charge < -0.3 is 14.7 Å². The Hall–Kier alpha value is -1.71. The SMILES string of the molecule is Cc1cc(O)cc(CN(C(=O)OC(C)(C)C)C2CCC2)c1. The molecule has 1 aliphatic carbocycles. The van der Waals surface area contributed by atoms with E-state index in [9.17, 15) is 9.90 Å². The number of hydrogen-bond donors (Lipinski definition) is 1. The lowest BCUT2D eigenvalue weighted by Crippen LogP contribution is -2.46.